The second kappa shape index (κ2) is 25.5. The number of hydrogen-bond donors (Lipinski definition) is 5. The van der Waals surface area contributed by atoms with Crippen molar-refractivity contribution in [3.8, 4) is 0 Å². The summed E-state index contributed by atoms with van der Waals surface area (Å²) in [7, 11) is 7.18. The molecule has 1 aromatic carbocycles. The summed E-state index contributed by atoms with van der Waals surface area (Å²) in [6.07, 6.45) is -7.07. The highest BCUT2D eigenvalue weighted by molar-refractivity contribution is 6.13. The summed E-state index contributed by atoms with van der Waals surface area (Å²) in [4.78, 5) is 72.1. The van der Waals surface area contributed by atoms with E-state index in [1.54, 1.807) is 46.8 Å². The monoisotopic (exact) mass is 1120 g/mol. The van der Waals surface area contributed by atoms with Crippen LogP contribution >= 0.6 is 0 Å². The Morgan fingerprint density at radius 3 is 2.28 bits per heavy atom. The second-order valence-electron chi connectivity index (χ2n) is 24.3. The van der Waals surface area contributed by atoms with E-state index >= 15 is 0 Å². The number of aliphatic hydroxyl groups excluding tert-OH is 1. The van der Waals surface area contributed by atoms with Crippen LogP contribution in [0.5, 0.6) is 0 Å². The van der Waals surface area contributed by atoms with Gasteiger partial charge in [-0.15, -0.1) is 0 Å². The van der Waals surface area contributed by atoms with Gasteiger partial charge in [-0.05, 0) is 126 Å². The van der Waals surface area contributed by atoms with Crippen LogP contribution in [0.1, 0.15) is 125 Å². The van der Waals surface area contributed by atoms with E-state index in [9.17, 15) is 39.3 Å². The highest BCUT2D eigenvalue weighted by Crippen LogP contribution is 2.44. The number of carbonyl (C=O) groups is 5. The van der Waals surface area contributed by atoms with Crippen molar-refractivity contribution in [2.75, 3.05) is 71.2 Å². The molecule has 0 aromatic heterocycles. The number of anilines is 2. The number of aliphatic hydroxyl groups is 2. The lowest BCUT2D eigenvalue weighted by Gasteiger charge is -2.49. The molecular weight excluding hydrogens is 1030 g/mol. The Bertz CT molecular complexity index is 2310. The lowest BCUT2D eigenvalue weighted by atomic mass is 9.77. The molecule has 5 aliphatic heterocycles. The van der Waals surface area contributed by atoms with E-state index < -0.39 is 120 Å². The molecule has 5 fully saturated rings. The number of aliphatic carboxylic acids is 1. The Balaban J connectivity index is 1.06. The number of fused-ring (bicyclic) bond motifs is 2. The third kappa shape index (κ3) is 14.0. The van der Waals surface area contributed by atoms with Gasteiger partial charge < -0.3 is 78.4 Å². The third-order valence-corrected chi connectivity index (χ3v) is 17.6. The van der Waals surface area contributed by atoms with Crippen molar-refractivity contribution in [1.82, 2.24) is 15.1 Å². The van der Waals surface area contributed by atoms with Crippen LogP contribution in [0.15, 0.2) is 18.2 Å². The van der Waals surface area contributed by atoms with Gasteiger partial charge in [0.15, 0.2) is 36.2 Å². The number of hydrogen-bond acceptors (Lipinski definition) is 21. The minimum Gasteiger partial charge on any atom is -0.481 e. The number of carboxylic acid groups (broad SMARTS) is 1. The molecule has 22 heteroatoms. The van der Waals surface area contributed by atoms with Crippen molar-refractivity contribution in [1.29, 1.82) is 0 Å². The molecule has 1 aromatic rings. The van der Waals surface area contributed by atoms with Gasteiger partial charge in [-0.25, -0.2) is 4.79 Å². The maximum absolute atomic E-state index is 14.8. The molecule has 6 aliphatic rings. The maximum atomic E-state index is 14.8. The van der Waals surface area contributed by atoms with Gasteiger partial charge in [0.1, 0.15) is 23.7 Å². The number of esters is 2. The highest BCUT2D eigenvalue weighted by Gasteiger charge is 2.59. The van der Waals surface area contributed by atoms with Crippen LogP contribution in [-0.4, -0.2) is 212 Å². The van der Waals surface area contributed by atoms with Crippen LogP contribution in [-0.2, 0) is 57.0 Å². The summed E-state index contributed by atoms with van der Waals surface area (Å²) < 4.78 is 57.1. The molecule has 79 heavy (non-hydrogen) atoms. The van der Waals surface area contributed by atoms with Crippen molar-refractivity contribution in [2.24, 2.45) is 23.7 Å². The maximum Gasteiger partial charge on any atom is 0.509 e. The predicted octanol–water partition coefficient (Wildman–Crippen LogP) is 4.59. The van der Waals surface area contributed by atoms with Crippen LogP contribution < -0.4 is 15.5 Å². The van der Waals surface area contributed by atoms with Gasteiger partial charge in [0.25, 0.3) is 0 Å². The van der Waals surface area contributed by atoms with Crippen LogP contribution in [0.2, 0.25) is 0 Å². The number of likely N-dealkylation sites (N-methyl/N-ethyl adjacent to an activating group) is 2. The number of rotatable bonds is 17. The van der Waals surface area contributed by atoms with Gasteiger partial charge in [-0.1, -0.05) is 20.8 Å². The molecule has 19 atom stereocenters. The number of carbonyl (C=O) groups excluding carboxylic acids is 4. The average Bonchev–Trinajstić information content (AvgIpc) is 4.18. The molecule has 1 saturated carbocycles. The first-order valence-corrected chi connectivity index (χ1v) is 28.5. The molecule has 7 rings (SSSR count). The summed E-state index contributed by atoms with van der Waals surface area (Å²) in [5, 5.41) is 41.0. The van der Waals surface area contributed by atoms with E-state index in [1.165, 1.54) is 7.11 Å². The van der Waals surface area contributed by atoms with E-state index in [4.69, 9.17) is 42.6 Å². The summed E-state index contributed by atoms with van der Waals surface area (Å²) in [6, 6.07) is 4.87. The van der Waals surface area contributed by atoms with Crippen LogP contribution in [0.25, 0.3) is 0 Å². The SMILES string of the molecule is CC[C@H]1OC(=O)[C@H](C)[C@@H](O[C@H]2C[C@@](C)(OC)[C@@H](OC(=O)CCNCCNc3ccc4c(c3)N(C3CC3)CC(C(=O)O)C4=O)[C@H](C)O2)[C@H](C)[C@H](O[C@@H]2O[C@H](C)C[C@H](N(C)C)[C@H]2O)[C@](C)(O)C[C@@H](C)CN(C)[C@H](C)[C@H]2OC(=O)O[C@@]21C. The van der Waals surface area contributed by atoms with Crippen LogP contribution in [0.3, 0.4) is 0 Å². The van der Waals surface area contributed by atoms with Gasteiger partial charge in [0, 0.05) is 87.2 Å². The van der Waals surface area contributed by atoms with E-state index in [0.29, 0.717) is 38.2 Å². The fraction of sp³-hybridized carbons (Fsp3) is 0.807. The summed E-state index contributed by atoms with van der Waals surface area (Å²) in [5.41, 5.74) is -2.17. The molecule has 22 nitrogen and oxygen atoms in total. The number of benzene rings is 1. The topological polar surface area (TPSA) is 263 Å². The lowest BCUT2D eigenvalue weighted by Crippen LogP contribution is -2.61. The number of nitrogens with zero attached hydrogens (tertiary/aromatic N) is 3. The molecule has 4 saturated heterocycles. The second-order valence-corrected chi connectivity index (χ2v) is 24.3. The Morgan fingerprint density at radius 2 is 1.63 bits per heavy atom. The lowest BCUT2D eigenvalue weighted by molar-refractivity contribution is -0.318. The fourth-order valence-corrected chi connectivity index (χ4v) is 12.9. The Kier molecular flexibility index (Phi) is 20.1. The predicted molar refractivity (Wildman–Crippen MR) is 289 cm³/mol. The zero-order valence-corrected chi connectivity index (χ0v) is 48.9. The largest absolute Gasteiger partial charge is 0.509 e. The van der Waals surface area contributed by atoms with E-state index in [-0.39, 0.29) is 62.1 Å². The molecule has 0 radical (unpaired) electrons. The molecular formula is C57H91N5O17. The van der Waals surface area contributed by atoms with Crippen molar-refractivity contribution in [3.05, 3.63) is 23.8 Å². The zero-order chi connectivity index (χ0) is 58.1. The van der Waals surface area contributed by atoms with Crippen molar-refractivity contribution in [3.63, 3.8) is 0 Å². The number of ether oxygens (including phenoxy) is 9. The van der Waals surface area contributed by atoms with E-state index in [1.807, 2.05) is 76.5 Å². The van der Waals surface area contributed by atoms with Gasteiger partial charge >= 0.3 is 24.1 Å². The standard InChI is InChI=1S/C57H91N5O17/c1-15-42-57(10)49(78-54(69)79-57)34(6)61(13)28-30(2)26-55(8,70)48(77-53-46(65)41(60(11)12)24-31(3)72-53)32(4)47(33(5)52(68)74-42)76-44-27-56(9,71-14)50(35(7)73-44)75-43(63)20-21-58-22-23-59-36-16-19-38-40(25-36)62(37-17-18-37)29-39(45(38)64)51(66)67/h16,19,25,30-35,37,39,41-42,44,46-50,53,58-59,65,70H,15,17-18,20-24,26-29H2,1-14H3,(H,66,67)/t30-,31-,32+,33-,34-,35+,39?,41+,42-,44+,46-,47+,48+,49-,50+,53+,55-,56-,57-/m1/s1. The highest BCUT2D eigenvalue weighted by atomic mass is 16.8. The molecule has 0 spiro atoms. The minimum absolute atomic E-state index is 0.0384. The quantitative estimate of drug-likeness (QED) is 0.0618. The Hall–Kier alpha value is -4.23. The number of cyclic esters (lactones) is 1. The van der Waals surface area contributed by atoms with Gasteiger partial charge in [-0.3, -0.25) is 24.1 Å². The molecule has 0 bridgehead atoms. The molecule has 446 valence electrons. The van der Waals surface area contributed by atoms with Gasteiger partial charge in [0.05, 0.1) is 42.4 Å². The summed E-state index contributed by atoms with van der Waals surface area (Å²) >= 11 is 0. The summed E-state index contributed by atoms with van der Waals surface area (Å²) in [5.74, 6) is -5.79. The first-order chi connectivity index (χ1) is 37.1. The van der Waals surface area contributed by atoms with Crippen molar-refractivity contribution in [2.45, 2.75) is 211 Å². The molecule has 0 amide bonds. The van der Waals surface area contributed by atoms with Gasteiger partial charge in [0.2, 0.25) is 0 Å². The Labute approximate surface area is 466 Å². The van der Waals surface area contributed by atoms with Crippen molar-refractivity contribution < 1.29 is 81.9 Å². The zero-order valence-electron chi connectivity index (χ0n) is 48.9. The summed E-state index contributed by atoms with van der Waals surface area (Å²) in [6.45, 7) is 20.1. The number of nitrogens with one attached hydrogen (secondary N) is 2. The van der Waals surface area contributed by atoms with Crippen LogP contribution in [0, 0.1) is 23.7 Å². The number of methoxy groups -OCH3 is 1. The van der Waals surface area contributed by atoms with Crippen molar-refractivity contribution >= 4 is 41.2 Å². The Morgan fingerprint density at radius 1 is 0.924 bits per heavy atom. The van der Waals surface area contributed by atoms with Crippen LogP contribution in [0.4, 0.5) is 16.2 Å². The smallest absolute Gasteiger partial charge is 0.481 e. The molecule has 5 heterocycles. The van der Waals surface area contributed by atoms with E-state index in [2.05, 4.69) is 10.6 Å². The molecule has 1 aliphatic carbocycles. The number of Topliss-reactive ketones (excluding diaryl/α,β-unsaturated/α-hetero) is 1. The number of carboxylic acids is 1. The normalized spacial score (nSPS) is 39.8. The minimum atomic E-state index is -1.62. The van der Waals surface area contributed by atoms with E-state index in [0.717, 1.165) is 24.2 Å². The average molecular weight is 1120 g/mol. The third-order valence-electron chi connectivity index (χ3n) is 17.6. The molecule has 1 unspecified atom stereocenters. The number of ketones is 1. The first-order valence-electron chi connectivity index (χ1n) is 28.5. The fourth-order valence-electron chi connectivity index (χ4n) is 12.9. The first kappa shape index (κ1) is 62.4. The molecule has 5 N–H and O–H groups in total. The van der Waals surface area contributed by atoms with Gasteiger partial charge in [-0.2, -0.15) is 0 Å².